The van der Waals surface area contributed by atoms with E-state index in [0.29, 0.717) is 40.2 Å². The van der Waals surface area contributed by atoms with E-state index in [0.717, 1.165) is 0 Å². The van der Waals surface area contributed by atoms with Crippen molar-refractivity contribution in [3.8, 4) is 5.75 Å². The summed E-state index contributed by atoms with van der Waals surface area (Å²) in [5, 5.41) is 22.0. The maximum absolute atomic E-state index is 12.9. The number of esters is 1. The van der Waals surface area contributed by atoms with Gasteiger partial charge in [0.1, 0.15) is 5.75 Å². The number of hydrogen-bond donors (Lipinski definition) is 4. The Morgan fingerprint density at radius 3 is 2.38 bits per heavy atom. The van der Waals surface area contributed by atoms with E-state index >= 15 is 0 Å². The van der Waals surface area contributed by atoms with Crippen molar-refractivity contribution < 1.29 is 33.6 Å². The quantitative estimate of drug-likeness (QED) is 0.114. The van der Waals surface area contributed by atoms with Crippen LogP contribution in [0.25, 0.3) is 0 Å². The predicted molar refractivity (Wildman–Crippen MR) is 168 cm³/mol. The summed E-state index contributed by atoms with van der Waals surface area (Å²) in [6, 6.07) is 17.0. The number of amides is 4. The zero-order valence-corrected chi connectivity index (χ0v) is 25.5. The molecule has 13 nitrogen and oxygen atoms in total. The van der Waals surface area contributed by atoms with Crippen LogP contribution in [-0.2, 0) is 25.5 Å². The largest absolute Gasteiger partial charge is 0.483 e. The predicted octanol–water partition coefficient (Wildman–Crippen LogP) is 4.66. The van der Waals surface area contributed by atoms with E-state index in [9.17, 15) is 29.3 Å². The Morgan fingerprint density at radius 1 is 0.933 bits per heavy atom. The van der Waals surface area contributed by atoms with E-state index in [4.69, 9.17) is 4.74 Å². The first-order valence-corrected chi connectivity index (χ1v) is 14.2. The summed E-state index contributed by atoms with van der Waals surface area (Å²) in [7, 11) is 1.30. The van der Waals surface area contributed by atoms with Gasteiger partial charge in [-0.1, -0.05) is 50.2 Å². The van der Waals surface area contributed by atoms with E-state index in [1.54, 1.807) is 61.5 Å². The lowest BCUT2D eigenvalue weighted by molar-refractivity contribution is -0.385. The van der Waals surface area contributed by atoms with Gasteiger partial charge in [0.25, 0.3) is 11.6 Å². The molecule has 45 heavy (non-hydrogen) atoms. The molecule has 238 valence electrons. The highest BCUT2D eigenvalue weighted by Gasteiger charge is 2.21. The third kappa shape index (κ3) is 10.6. The van der Waals surface area contributed by atoms with Gasteiger partial charge in [0, 0.05) is 17.3 Å². The number of nitro benzene ring substituents is 1. The standard InChI is InChI=1S/C32H37N5O8/c1-20(2)15-26(36-29(38)18-33-32(41)34-23-10-7-9-22(16-23)17-31(40)44-4)24-11-5-6-14-28(24)45-19-30(39)35-25-12-8-13-27(21(25)3)37(42)43/h5-14,16,20,26H,15,17-19H2,1-4H3,(H,35,39)(H,36,38)(H2,33,34,41). The highest BCUT2D eigenvalue weighted by molar-refractivity contribution is 5.93. The number of nitro groups is 1. The van der Waals surface area contributed by atoms with E-state index in [2.05, 4.69) is 26.0 Å². The van der Waals surface area contributed by atoms with Gasteiger partial charge in [-0.05, 0) is 49.1 Å². The molecule has 13 heteroatoms. The van der Waals surface area contributed by atoms with Crippen LogP contribution in [0.15, 0.2) is 66.7 Å². The summed E-state index contributed by atoms with van der Waals surface area (Å²) < 4.78 is 10.5. The fraction of sp³-hybridized carbons (Fsp3) is 0.312. The summed E-state index contributed by atoms with van der Waals surface area (Å²) in [6.07, 6.45) is 0.602. The third-order valence-corrected chi connectivity index (χ3v) is 6.64. The number of methoxy groups -OCH3 is 1. The van der Waals surface area contributed by atoms with Crippen LogP contribution >= 0.6 is 0 Å². The van der Waals surface area contributed by atoms with Crippen molar-refractivity contribution in [2.75, 3.05) is 30.9 Å². The van der Waals surface area contributed by atoms with Crippen molar-refractivity contribution in [3.05, 3.63) is 93.5 Å². The number of carbonyl (C=O) groups excluding carboxylic acids is 4. The Balaban J connectivity index is 1.61. The average molecular weight is 620 g/mol. The summed E-state index contributed by atoms with van der Waals surface area (Å²) >= 11 is 0. The molecule has 4 amide bonds. The molecule has 4 N–H and O–H groups in total. The van der Waals surface area contributed by atoms with Crippen LogP contribution in [0.1, 0.15) is 43.0 Å². The van der Waals surface area contributed by atoms with Crippen LogP contribution in [0.2, 0.25) is 0 Å². The van der Waals surface area contributed by atoms with Gasteiger partial charge in [-0.15, -0.1) is 0 Å². The Hall–Kier alpha value is -5.46. The van der Waals surface area contributed by atoms with Gasteiger partial charge in [-0.3, -0.25) is 24.5 Å². The molecule has 3 aromatic rings. The highest BCUT2D eigenvalue weighted by Crippen LogP contribution is 2.30. The maximum atomic E-state index is 12.9. The minimum absolute atomic E-state index is 0.0562. The van der Waals surface area contributed by atoms with E-state index in [1.165, 1.54) is 19.2 Å². The minimum Gasteiger partial charge on any atom is -0.483 e. The van der Waals surface area contributed by atoms with Gasteiger partial charge in [0.2, 0.25) is 5.91 Å². The lowest BCUT2D eigenvalue weighted by atomic mass is 9.96. The fourth-order valence-electron chi connectivity index (χ4n) is 4.50. The van der Waals surface area contributed by atoms with E-state index in [1.807, 2.05) is 13.8 Å². The molecule has 0 saturated carbocycles. The number of para-hydroxylation sites is 1. The summed E-state index contributed by atoms with van der Waals surface area (Å²) in [5.41, 5.74) is 2.27. The second kappa shape index (κ2) is 16.4. The molecule has 0 bridgehead atoms. The van der Waals surface area contributed by atoms with Gasteiger partial charge in [0.15, 0.2) is 6.61 Å². The molecule has 0 heterocycles. The normalized spacial score (nSPS) is 11.2. The van der Waals surface area contributed by atoms with E-state index < -0.39 is 34.8 Å². The monoisotopic (exact) mass is 619 g/mol. The zero-order valence-electron chi connectivity index (χ0n) is 25.5. The van der Waals surface area contributed by atoms with Crippen molar-refractivity contribution in [1.82, 2.24) is 10.6 Å². The Morgan fingerprint density at radius 2 is 1.67 bits per heavy atom. The smallest absolute Gasteiger partial charge is 0.319 e. The maximum Gasteiger partial charge on any atom is 0.319 e. The van der Waals surface area contributed by atoms with Crippen molar-refractivity contribution >= 4 is 40.9 Å². The van der Waals surface area contributed by atoms with Gasteiger partial charge in [0.05, 0.1) is 42.3 Å². The average Bonchev–Trinajstić information content (AvgIpc) is 2.99. The van der Waals surface area contributed by atoms with Crippen LogP contribution in [0, 0.1) is 23.0 Å². The first kappa shape index (κ1) is 34.0. The Kier molecular flexibility index (Phi) is 12.4. The molecule has 0 spiro atoms. The molecular formula is C32H37N5O8. The molecule has 0 aliphatic rings. The molecule has 3 rings (SSSR count). The van der Waals surface area contributed by atoms with Gasteiger partial charge in [-0.25, -0.2) is 4.79 Å². The molecule has 0 aliphatic heterocycles. The Labute approximate surface area is 260 Å². The molecule has 3 aromatic carbocycles. The zero-order chi connectivity index (χ0) is 32.9. The van der Waals surface area contributed by atoms with E-state index in [-0.39, 0.29) is 31.2 Å². The van der Waals surface area contributed by atoms with Gasteiger partial charge < -0.3 is 30.7 Å². The SMILES string of the molecule is COC(=O)Cc1cccc(NC(=O)NCC(=O)NC(CC(C)C)c2ccccc2OCC(=O)Nc2cccc([N+](=O)[O-])c2C)c1. The number of carbonyl (C=O) groups is 4. The minimum atomic E-state index is -0.602. The Bertz CT molecular complexity index is 1540. The lowest BCUT2D eigenvalue weighted by Gasteiger charge is -2.23. The van der Waals surface area contributed by atoms with Crippen molar-refractivity contribution in [2.45, 2.75) is 39.7 Å². The molecular weight excluding hydrogens is 582 g/mol. The van der Waals surface area contributed by atoms with Crippen LogP contribution in [0.5, 0.6) is 5.75 Å². The lowest BCUT2D eigenvalue weighted by Crippen LogP contribution is -2.40. The molecule has 1 atom stereocenters. The van der Waals surface area contributed by atoms with Crippen LogP contribution in [0.3, 0.4) is 0 Å². The number of benzene rings is 3. The first-order valence-electron chi connectivity index (χ1n) is 14.2. The van der Waals surface area contributed by atoms with Crippen LogP contribution < -0.4 is 26.0 Å². The number of hydrogen-bond acceptors (Lipinski definition) is 8. The number of nitrogens with one attached hydrogen (secondary N) is 4. The molecule has 1 unspecified atom stereocenters. The second-order valence-corrected chi connectivity index (χ2v) is 10.6. The molecule has 0 radical (unpaired) electrons. The fourth-order valence-corrected chi connectivity index (χ4v) is 4.50. The third-order valence-electron chi connectivity index (χ3n) is 6.64. The molecule has 0 aromatic heterocycles. The summed E-state index contributed by atoms with van der Waals surface area (Å²) in [5.74, 6) is -0.799. The number of urea groups is 1. The summed E-state index contributed by atoms with van der Waals surface area (Å²) in [6.45, 7) is 4.86. The van der Waals surface area contributed by atoms with Crippen LogP contribution in [-0.4, -0.2) is 49.0 Å². The summed E-state index contributed by atoms with van der Waals surface area (Å²) in [4.78, 5) is 60.3. The number of rotatable bonds is 14. The molecule has 0 fully saturated rings. The highest BCUT2D eigenvalue weighted by atomic mass is 16.6. The number of ether oxygens (including phenoxy) is 2. The molecule has 0 aliphatic carbocycles. The first-order chi connectivity index (χ1) is 21.5. The second-order valence-electron chi connectivity index (χ2n) is 10.6. The van der Waals surface area contributed by atoms with Crippen molar-refractivity contribution in [1.29, 1.82) is 0 Å². The van der Waals surface area contributed by atoms with Gasteiger partial charge in [-0.2, -0.15) is 0 Å². The van der Waals surface area contributed by atoms with Crippen LogP contribution in [0.4, 0.5) is 21.9 Å². The molecule has 0 saturated heterocycles. The topological polar surface area (TPSA) is 178 Å². The number of anilines is 2. The van der Waals surface area contributed by atoms with Crippen molar-refractivity contribution in [3.63, 3.8) is 0 Å². The van der Waals surface area contributed by atoms with Crippen molar-refractivity contribution in [2.24, 2.45) is 5.92 Å². The number of nitrogens with zero attached hydrogens (tertiary/aromatic N) is 1. The van der Waals surface area contributed by atoms with Gasteiger partial charge >= 0.3 is 12.0 Å².